The number of carbonyl (C=O) groups is 1. The van der Waals surface area contributed by atoms with Crippen LogP contribution in [0.15, 0.2) is 18.2 Å². The Bertz CT molecular complexity index is 948. The molecule has 28 heavy (non-hydrogen) atoms. The lowest BCUT2D eigenvalue weighted by Crippen LogP contribution is -2.62. The van der Waals surface area contributed by atoms with E-state index in [9.17, 15) is 4.79 Å². The second-order valence-corrected chi connectivity index (χ2v) is 10.4. The highest BCUT2D eigenvalue weighted by atomic mass is 16.1. The van der Waals surface area contributed by atoms with Crippen molar-refractivity contribution < 1.29 is 4.79 Å². The van der Waals surface area contributed by atoms with E-state index in [2.05, 4.69) is 38.3 Å². The minimum atomic E-state index is -0.00998. The fraction of sp³-hybridized carbons (Fsp3) is 0.609. The predicted molar refractivity (Wildman–Crippen MR) is 111 cm³/mol. The molecule has 2 aliphatic carbocycles. The number of rotatable bonds is 2. The molecule has 2 bridgehead atoms. The van der Waals surface area contributed by atoms with E-state index in [1.807, 2.05) is 18.2 Å². The molecular weight excluding hydrogens is 348 g/mol. The number of piperidine rings is 1. The van der Waals surface area contributed by atoms with Crippen molar-refractivity contribution in [3.05, 3.63) is 35.2 Å². The topological polar surface area (TPSA) is 66.9 Å². The van der Waals surface area contributed by atoms with Crippen LogP contribution < -0.4 is 10.6 Å². The molecule has 1 aromatic heterocycles. The van der Waals surface area contributed by atoms with Crippen molar-refractivity contribution in [3.63, 3.8) is 0 Å². The van der Waals surface area contributed by atoms with E-state index in [0.29, 0.717) is 17.4 Å². The van der Waals surface area contributed by atoms with Crippen LogP contribution in [0.5, 0.6) is 0 Å². The summed E-state index contributed by atoms with van der Waals surface area (Å²) in [4.78, 5) is 22.8. The summed E-state index contributed by atoms with van der Waals surface area (Å²) in [6.07, 6.45) is 5.54. The minimum Gasteiger partial charge on any atom is -0.349 e. The Hall–Kier alpha value is -2.01. The Morgan fingerprint density at radius 1 is 1.00 bits per heavy atom. The van der Waals surface area contributed by atoms with Crippen LogP contribution in [0.4, 0.5) is 0 Å². The summed E-state index contributed by atoms with van der Waals surface area (Å²) in [5.74, 6) is 1.17. The molecule has 2 aromatic rings. The molecule has 5 heteroatoms. The lowest BCUT2D eigenvalue weighted by atomic mass is 9.79. The Labute approximate surface area is 166 Å². The lowest BCUT2D eigenvalue weighted by Gasteiger charge is -2.46. The monoisotopic (exact) mass is 378 g/mol. The maximum Gasteiger partial charge on any atom is 0.251 e. The van der Waals surface area contributed by atoms with Crippen LogP contribution in [0.3, 0.4) is 0 Å². The molecule has 1 aromatic carbocycles. The van der Waals surface area contributed by atoms with E-state index in [1.165, 1.54) is 30.7 Å². The van der Waals surface area contributed by atoms with E-state index in [0.717, 1.165) is 23.9 Å². The van der Waals surface area contributed by atoms with E-state index in [-0.39, 0.29) is 23.0 Å². The van der Waals surface area contributed by atoms with Crippen LogP contribution in [-0.2, 0) is 0 Å². The standard InChI is InChI=1S/C23H30N4O/c1-22(2)11-16(12-23(3,4)27-22)24-21(28)15-7-8-17-18(10-15)26-20-14-6-5-13(9-14)19(20)25-17/h7-8,10,13-14,16,27H,5-6,9,11-12H2,1-4H3,(H,24,28). The maximum atomic E-state index is 13.0. The number of carbonyl (C=O) groups excluding carboxylic acids is 1. The van der Waals surface area contributed by atoms with Gasteiger partial charge in [-0.25, -0.2) is 9.97 Å². The second-order valence-electron chi connectivity index (χ2n) is 10.4. The van der Waals surface area contributed by atoms with Gasteiger partial charge in [-0.05, 0) is 78.0 Å². The average Bonchev–Trinajstić information content (AvgIpc) is 3.18. The number of aromatic nitrogens is 2. The maximum absolute atomic E-state index is 13.0. The molecular formula is C23H30N4O. The van der Waals surface area contributed by atoms with Gasteiger partial charge in [-0.1, -0.05) is 0 Å². The van der Waals surface area contributed by atoms with Gasteiger partial charge in [0, 0.05) is 34.5 Å². The fourth-order valence-corrected chi connectivity index (χ4v) is 5.99. The van der Waals surface area contributed by atoms with Gasteiger partial charge in [0.25, 0.3) is 5.91 Å². The van der Waals surface area contributed by atoms with Crippen LogP contribution in [0.1, 0.15) is 93.4 Å². The molecule has 5 rings (SSSR count). The third kappa shape index (κ3) is 3.10. The zero-order chi connectivity index (χ0) is 19.7. The van der Waals surface area contributed by atoms with Crippen LogP contribution in [-0.4, -0.2) is 33.0 Å². The Kier molecular flexibility index (Phi) is 3.86. The molecule has 148 valence electrons. The normalized spacial score (nSPS) is 27.7. The van der Waals surface area contributed by atoms with Gasteiger partial charge >= 0.3 is 0 Å². The van der Waals surface area contributed by atoms with E-state index in [1.54, 1.807) is 0 Å². The van der Waals surface area contributed by atoms with Gasteiger partial charge in [0.05, 0.1) is 22.4 Å². The van der Waals surface area contributed by atoms with Gasteiger partial charge in [-0.3, -0.25) is 4.79 Å². The molecule has 2 unspecified atom stereocenters. The zero-order valence-electron chi connectivity index (χ0n) is 17.3. The number of fused-ring (bicyclic) bond motifs is 6. The van der Waals surface area contributed by atoms with Crippen molar-refractivity contribution in [2.75, 3.05) is 0 Å². The molecule has 2 atom stereocenters. The summed E-state index contributed by atoms with van der Waals surface area (Å²) in [5, 5.41) is 6.93. The first-order valence-electron chi connectivity index (χ1n) is 10.6. The number of amides is 1. The number of hydrogen-bond donors (Lipinski definition) is 2. The molecule has 1 saturated carbocycles. The summed E-state index contributed by atoms with van der Waals surface area (Å²) in [7, 11) is 0. The van der Waals surface area contributed by atoms with E-state index < -0.39 is 0 Å². The van der Waals surface area contributed by atoms with Crippen LogP contribution in [0.25, 0.3) is 11.0 Å². The molecule has 1 amide bonds. The zero-order valence-corrected chi connectivity index (χ0v) is 17.3. The highest BCUT2D eigenvalue weighted by molar-refractivity contribution is 5.97. The number of nitrogens with zero attached hydrogens (tertiary/aromatic N) is 2. The molecule has 2 N–H and O–H groups in total. The average molecular weight is 379 g/mol. The molecule has 1 aliphatic heterocycles. The number of benzene rings is 1. The quantitative estimate of drug-likeness (QED) is 0.828. The van der Waals surface area contributed by atoms with Gasteiger partial charge in [0.2, 0.25) is 0 Å². The van der Waals surface area contributed by atoms with Gasteiger partial charge in [-0.15, -0.1) is 0 Å². The molecule has 2 heterocycles. The van der Waals surface area contributed by atoms with E-state index in [4.69, 9.17) is 9.97 Å². The smallest absolute Gasteiger partial charge is 0.251 e. The Morgan fingerprint density at radius 3 is 2.25 bits per heavy atom. The van der Waals surface area contributed by atoms with Gasteiger partial charge in [0.15, 0.2) is 0 Å². The van der Waals surface area contributed by atoms with Crippen LogP contribution in [0.2, 0.25) is 0 Å². The fourth-order valence-electron chi connectivity index (χ4n) is 5.99. The van der Waals surface area contributed by atoms with Crippen molar-refractivity contribution in [1.82, 2.24) is 20.6 Å². The Morgan fingerprint density at radius 2 is 1.61 bits per heavy atom. The van der Waals surface area contributed by atoms with Crippen LogP contribution >= 0.6 is 0 Å². The largest absolute Gasteiger partial charge is 0.349 e. The van der Waals surface area contributed by atoms with Crippen molar-refractivity contribution in [3.8, 4) is 0 Å². The summed E-state index contributed by atoms with van der Waals surface area (Å²) in [6.45, 7) is 8.81. The van der Waals surface area contributed by atoms with E-state index >= 15 is 0 Å². The molecule has 2 fully saturated rings. The van der Waals surface area contributed by atoms with Crippen LogP contribution in [0, 0.1) is 0 Å². The van der Waals surface area contributed by atoms with Crippen molar-refractivity contribution >= 4 is 16.9 Å². The molecule has 3 aliphatic rings. The molecule has 0 spiro atoms. The summed E-state index contributed by atoms with van der Waals surface area (Å²) in [5.41, 5.74) is 4.85. The van der Waals surface area contributed by atoms with Crippen molar-refractivity contribution in [1.29, 1.82) is 0 Å². The van der Waals surface area contributed by atoms with Crippen molar-refractivity contribution in [2.24, 2.45) is 0 Å². The predicted octanol–water partition coefficient (Wildman–Crippen LogP) is 4.03. The third-order valence-electron chi connectivity index (χ3n) is 6.71. The van der Waals surface area contributed by atoms with Crippen molar-refractivity contribution in [2.45, 2.75) is 88.8 Å². The minimum absolute atomic E-state index is 0.00836. The first kappa shape index (κ1) is 18.0. The van der Waals surface area contributed by atoms with Gasteiger partial charge < -0.3 is 10.6 Å². The summed E-state index contributed by atoms with van der Waals surface area (Å²) < 4.78 is 0. The first-order chi connectivity index (χ1) is 13.2. The third-order valence-corrected chi connectivity index (χ3v) is 6.71. The first-order valence-corrected chi connectivity index (χ1v) is 10.6. The summed E-state index contributed by atoms with van der Waals surface area (Å²) >= 11 is 0. The second kappa shape index (κ2) is 5.99. The molecule has 1 saturated heterocycles. The highest BCUT2D eigenvalue weighted by Gasteiger charge is 2.40. The lowest BCUT2D eigenvalue weighted by molar-refractivity contribution is 0.0873. The van der Waals surface area contributed by atoms with Gasteiger partial charge in [0.1, 0.15) is 0 Å². The SMILES string of the molecule is CC1(C)CC(NC(=O)c2ccc3nc4c(nc3c2)C2CCC4C2)CC(C)(C)N1. The molecule has 0 radical (unpaired) electrons. The molecule has 5 nitrogen and oxygen atoms in total. The summed E-state index contributed by atoms with van der Waals surface area (Å²) in [6, 6.07) is 5.93. The Balaban J connectivity index is 1.39. The number of nitrogens with one attached hydrogen (secondary N) is 2. The van der Waals surface area contributed by atoms with Gasteiger partial charge in [-0.2, -0.15) is 0 Å². The highest BCUT2D eigenvalue weighted by Crippen LogP contribution is 2.51. The number of hydrogen-bond acceptors (Lipinski definition) is 4.